The number of ether oxygens (including phenoxy) is 2. The largest absolute Gasteiger partial charge is 0.493 e. The second kappa shape index (κ2) is 8.30. The zero-order chi connectivity index (χ0) is 18.7. The Hall–Kier alpha value is -1.75. The third-order valence-corrected chi connectivity index (χ3v) is 6.13. The van der Waals surface area contributed by atoms with Gasteiger partial charge in [0.05, 0.1) is 19.8 Å². The van der Waals surface area contributed by atoms with Crippen LogP contribution in [-0.2, 0) is 4.79 Å². The van der Waals surface area contributed by atoms with E-state index in [-0.39, 0.29) is 17.9 Å². The second-order valence-corrected chi connectivity index (χ2v) is 7.77. The Morgan fingerprint density at radius 3 is 2.58 bits per heavy atom. The number of carbonyl (C=O) groups excluding carboxylic acids is 1. The molecule has 3 N–H and O–H groups in total. The molecular weight excluding hydrogens is 328 g/mol. The predicted molar refractivity (Wildman–Crippen MR) is 102 cm³/mol. The lowest BCUT2D eigenvalue weighted by Gasteiger charge is -2.43. The lowest BCUT2D eigenvalue weighted by Crippen LogP contribution is -2.49. The summed E-state index contributed by atoms with van der Waals surface area (Å²) in [7, 11) is 1.63. The Morgan fingerprint density at radius 2 is 1.96 bits per heavy atom. The first-order valence-electron chi connectivity index (χ1n) is 9.90. The molecule has 1 aromatic carbocycles. The van der Waals surface area contributed by atoms with E-state index in [1.807, 2.05) is 32.0 Å². The number of fused-ring (bicyclic) bond motifs is 2. The van der Waals surface area contributed by atoms with Crippen molar-refractivity contribution in [3.63, 3.8) is 0 Å². The summed E-state index contributed by atoms with van der Waals surface area (Å²) in [5.74, 6) is 2.71. The molecule has 5 heteroatoms. The lowest BCUT2D eigenvalue weighted by molar-refractivity contribution is -0.128. The van der Waals surface area contributed by atoms with Gasteiger partial charge in [0.1, 0.15) is 0 Å². The molecule has 0 radical (unpaired) electrons. The topological polar surface area (TPSA) is 73.6 Å². The minimum atomic E-state index is -0.0671. The first-order valence-corrected chi connectivity index (χ1v) is 9.90. The van der Waals surface area contributed by atoms with Crippen molar-refractivity contribution in [1.82, 2.24) is 5.32 Å². The Labute approximate surface area is 156 Å². The average Bonchev–Trinajstić information content (AvgIpc) is 2.61. The highest BCUT2D eigenvalue weighted by Crippen LogP contribution is 2.42. The fourth-order valence-corrected chi connectivity index (χ4v) is 4.65. The summed E-state index contributed by atoms with van der Waals surface area (Å²) in [6.45, 7) is 4.55. The van der Waals surface area contributed by atoms with Gasteiger partial charge in [0, 0.05) is 12.0 Å². The highest BCUT2D eigenvalue weighted by atomic mass is 16.5. The summed E-state index contributed by atoms with van der Waals surface area (Å²) in [5.41, 5.74) is 7.37. The molecule has 0 aliphatic heterocycles. The van der Waals surface area contributed by atoms with Gasteiger partial charge in [0.15, 0.2) is 11.5 Å². The molecule has 144 valence electrons. The van der Waals surface area contributed by atoms with Crippen molar-refractivity contribution >= 4 is 5.91 Å². The minimum Gasteiger partial charge on any atom is -0.493 e. The van der Waals surface area contributed by atoms with Gasteiger partial charge in [-0.2, -0.15) is 0 Å². The smallest absolute Gasteiger partial charge is 0.223 e. The van der Waals surface area contributed by atoms with Crippen LogP contribution in [0.2, 0.25) is 0 Å². The summed E-state index contributed by atoms with van der Waals surface area (Å²) in [6.07, 6.45) is 5.48. The number of nitrogens with two attached hydrogens (primary N) is 1. The molecule has 2 bridgehead atoms. The van der Waals surface area contributed by atoms with Crippen molar-refractivity contribution in [2.75, 3.05) is 13.7 Å². The molecule has 5 nitrogen and oxygen atoms in total. The number of benzene rings is 1. The molecule has 3 atom stereocenters. The number of rotatable bonds is 6. The van der Waals surface area contributed by atoms with Crippen LogP contribution in [0.25, 0.3) is 0 Å². The van der Waals surface area contributed by atoms with E-state index in [1.165, 1.54) is 19.3 Å². The molecule has 1 aromatic rings. The van der Waals surface area contributed by atoms with Crippen LogP contribution in [0.3, 0.4) is 0 Å². The predicted octanol–water partition coefficient (Wildman–Crippen LogP) is 3.42. The molecule has 1 amide bonds. The van der Waals surface area contributed by atoms with Gasteiger partial charge in [-0.3, -0.25) is 4.79 Å². The normalized spacial score (nSPS) is 28.9. The van der Waals surface area contributed by atoms with Gasteiger partial charge in [-0.25, -0.2) is 0 Å². The summed E-state index contributed by atoms with van der Waals surface area (Å²) >= 11 is 0. The van der Waals surface area contributed by atoms with E-state index in [2.05, 4.69) is 5.32 Å². The molecule has 26 heavy (non-hydrogen) atoms. The average molecular weight is 360 g/mol. The molecule has 2 aliphatic carbocycles. The molecule has 0 heterocycles. The number of carbonyl (C=O) groups is 1. The third-order valence-electron chi connectivity index (χ3n) is 6.13. The van der Waals surface area contributed by atoms with E-state index in [4.69, 9.17) is 15.2 Å². The van der Waals surface area contributed by atoms with Crippen LogP contribution in [0.5, 0.6) is 11.5 Å². The summed E-state index contributed by atoms with van der Waals surface area (Å²) in [4.78, 5) is 12.8. The van der Waals surface area contributed by atoms with Crippen molar-refractivity contribution in [2.24, 2.45) is 23.5 Å². The highest BCUT2D eigenvalue weighted by Gasteiger charge is 2.40. The summed E-state index contributed by atoms with van der Waals surface area (Å²) < 4.78 is 11.0. The van der Waals surface area contributed by atoms with Gasteiger partial charge in [-0.1, -0.05) is 12.5 Å². The van der Waals surface area contributed by atoms with E-state index in [0.717, 1.165) is 24.2 Å². The van der Waals surface area contributed by atoms with E-state index >= 15 is 0 Å². The van der Waals surface area contributed by atoms with Gasteiger partial charge >= 0.3 is 0 Å². The monoisotopic (exact) mass is 360 g/mol. The van der Waals surface area contributed by atoms with Crippen molar-refractivity contribution in [2.45, 2.75) is 58.0 Å². The van der Waals surface area contributed by atoms with Crippen LogP contribution in [0.15, 0.2) is 18.2 Å². The van der Waals surface area contributed by atoms with Gasteiger partial charge in [-0.15, -0.1) is 0 Å². The van der Waals surface area contributed by atoms with Gasteiger partial charge in [0.25, 0.3) is 0 Å². The lowest BCUT2D eigenvalue weighted by atomic mass is 9.65. The maximum absolute atomic E-state index is 12.8. The van der Waals surface area contributed by atoms with E-state index in [0.29, 0.717) is 30.2 Å². The SMILES string of the molecule is CCOc1ccc(C(C)NC(=O)C2CC3CCCC(C2)C3N)cc1OC. The third kappa shape index (κ3) is 3.98. The maximum atomic E-state index is 12.8. The van der Waals surface area contributed by atoms with Crippen molar-refractivity contribution < 1.29 is 14.3 Å². The van der Waals surface area contributed by atoms with Crippen molar-refractivity contribution in [3.8, 4) is 11.5 Å². The van der Waals surface area contributed by atoms with Crippen molar-refractivity contribution in [3.05, 3.63) is 23.8 Å². The number of hydrogen-bond acceptors (Lipinski definition) is 4. The van der Waals surface area contributed by atoms with Crippen LogP contribution >= 0.6 is 0 Å². The number of methoxy groups -OCH3 is 1. The van der Waals surface area contributed by atoms with Gasteiger partial charge in [0.2, 0.25) is 5.91 Å². The Morgan fingerprint density at radius 1 is 1.27 bits per heavy atom. The highest BCUT2D eigenvalue weighted by molar-refractivity contribution is 5.79. The molecule has 0 spiro atoms. The molecular formula is C21H32N2O3. The summed E-state index contributed by atoms with van der Waals surface area (Å²) in [5, 5.41) is 3.20. The van der Waals surface area contributed by atoms with Crippen molar-refractivity contribution in [1.29, 1.82) is 0 Å². The molecule has 3 unspecified atom stereocenters. The first kappa shape index (κ1) is 19.0. The van der Waals surface area contributed by atoms with Gasteiger partial charge < -0.3 is 20.5 Å². The fraction of sp³-hybridized carbons (Fsp3) is 0.667. The minimum absolute atomic E-state index is 0.0671. The van der Waals surface area contributed by atoms with E-state index < -0.39 is 0 Å². The maximum Gasteiger partial charge on any atom is 0.223 e. The van der Waals surface area contributed by atoms with Crippen LogP contribution in [-0.4, -0.2) is 25.7 Å². The van der Waals surface area contributed by atoms with Crippen LogP contribution in [0.1, 0.15) is 57.6 Å². The van der Waals surface area contributed by atoms with E-state index in [9.17, 15) is 4.79 Å². The van der Waals surface area contributed by atoms with Crippen LogP contribution < -0.4 is 20.5 Å². The van der Waals surface area contributed by atoms with Gasteiger partial charge in [-0.05, 0) is 69.1 Å². The number of hydrogen-bond donors (Lipinski definition) is 2. The fourth-order valence-electron chi connectivity index (χ4n) is 4.65. The summed E-state index contributed by atoms with van der Waals surface area (Å²) in [6, 6.07) is 6.07. The molecule has 2 saturated carbocycles. The first-order chi connectivity index (χ1) is 12.5. The molecule has 3 rings (SSSR count). The molecule has 2 aliphatic rings. The van der Waals surface area contributed by atoms with Crippen LogP contribution in [0.4, 0.5) is 0 Å². The van der Waals surface area contributed by atoms with E-state index in [1.54, 1.807) is 7.11 Å². The van der Waals surface area contributed by atoms with Crippen LogP contribution in [0, 0.1) is 17.8 Å². The number of amides is 1. The Balaban J connectivity index is 1.64. The molecule has 0 aromatic heterocycles. The molecule has 0 saturated heterocycles. The zero-order valence-electron chi connectivity index (χ0n) is 16.2. The zero-order valence-corrected chi connectivity index (χ0v) is 16.2. The Bertz CT molecular complexity index is 620. The quantitative estimate of drug-likeness (QED) is 0.815. The number of nitrogens with one attached hydrogen (secondary N) is 1. The standard InChI is InChI=1S/C21H32N2O3/c1-4-26-18-9-8-14(12-19(18)25-3)13(2)23-21(24)17-10-15-6-5-7-16(11-17)20(15)22/h8-9,12-13,15-17,20H,4-7,10-11,22H2,1-3H3,(H,23,24). The Kier molecular flexibility index (Phi) is 6.07. The second-order valence-electron chi connectivity index (χ2n) is 7.77. The molecule has 2 fully saturated rings.